The number of allylic oxidation sites excluding steroid dienone is 12. The van der Waals surface area contributed by atoms with Crippen LogP contribution in [0.5, 0.6) is 0 Å². The van der Waals surface area contributed by atoms with Crippen LogP contribution in [0, 0.1) is 0 Å². The highest BCUT2D eigenvalue weighted by molar-refractivity contribution is 5.71. The minimum Gasteiger partial charge on any atom is -0.462 e. The molecule has 0 aliphatic carbocycles. The molecule has 0 saturated carbocycles. The topological polar surface area (TPSA) is 78.9 Å². The van der Waals surface area contributed by atoms with Crippen LogP contribution in [-0.4, -0.2) is 37.2 Å². The van der Waals surface area contributed by atoms with Gasteiger partial charge in [0.2, 0.25) is 0 Å². The second-order valence-corrected chi connectivity index (χ2v) is 24.1. The molecule has 6 nitrogen and oxygen atoms in total. The fourth-order valence-electron chi connectivity index (χ4n) is 10.6. The lowest BCUT2D eigenvalue weighted by Gasteiger charge is -2.18. The van der Waals surface area contributed by atoms with Crippen LogP contribution in [-0.2, 0) is 28.6 Å². The van der Waals surface area contributed by atoms with Gasteiger partial charge in [0.15, 0.2) is 6.10 Å². The standard InChI is InChI=1S/C76H136O6/c1-4-7-10-13-16-19-22-25-28-30-32-34-36-38-40-42-44-46-48-51-54-57-60-63-66-69-75(78)81-72-73(71-80-74(77)68-65-62-59-56-53-50-27-24-21-18-15-12-9-6-3)82-76(79)70-67-64-61-58-55-52-49-47-45-43-41-39-37-35-33-31-29-26-23-20-17-14-11-8-5-2/h7,10,16,19,25,28,31-34,38,40,73H,4-6,8-9,11-15,17-18,20-24,26-27,29-30,35-37,39,41-72H2,1-3H3/b10-7-,19-16-,28-25-,33-31-,34-32-,40-38-. The number of carbonyl (C=O) groups is 3. The lowest BCUT2D eigenvalue weighted by atomic mass is 10.0. The Bertz CT molecular complexity index is 1500. The van der Waals surface area contributed by atoms with Gasteiger partial charge in [-0.15, -0.1) is 0 Å². The third-order valence-corrected chi connectivity index (χ3v) is 15.9. The Labute approximate surface area is 510 Å². The molecule has 0 N–H and O–H groups in total. The molecule has 0 heterocycles. The van der Waals surface area contributed by atoms with Gasteiger partial charge in [0.25, 0.3) is 0 Å². The molecule has 0 fully saturated rings. The van der Waals surface area contributed by atoms with Crippen LogP contribution in [0.2, 0.25) is 0 Å². The van der Waals surface area contributed by atoms with Gasteiger partial charge in [-0.1, -0.05) is 338 Å². The minimum atomic E-state index is -0.778. The van der Waals surface area contributed by atoms with Crippen molar-refractivity contribution in [1.82, 2.24) is 0 Å². The number of esters is 3. The molecule has 0 aromatic rings. The molecule has 6 heteroatoms. The summed E-state index contributed by atoms with van der Waals surface area (Å²) in [6, 6.07) is 0. The molecule has 1 unspecified atom stereocenters. The maximum absolute atomic E-state index is 13.0. The normalized spacial score (nSPS) is 12.5. The Morgan fingerprint density at radius 2 is 0.476 bits per heavy atom. The molecule has 0 aliphatic heterocycles. The zero-order valence-corrected chi connectivity index (χ0v) is 54.8. The van der Waals surface area contributed by atoms with E-state index >= 15 is 0 Å². The largest absolute Gasteiger partial charge is 0.462 e. The van der Waals surface area contributed by atoms with Crippen molar-refractivity contribution in [1.29, 1.82) is 0 Å². The second kappa shape index (κ2) is 70.3. The average molecular weight is 1150 g/mol. The average Bonchev–Trinajstić information content (AvgIpc) is 3.47. The molecule has 0 amide bonds. The van der Waals surface area contributed by atoms with Crippen molar-refractivity contribution in [3.63, 3.8) is 0 Å². The van der Waals surface area contributed by atoms with Gasteiger partial charge >= 0.3 is 17.9 Å². The van der Waals surface area contributed by atoms with E-state index in [0.29, 0.717) is 19.3 Å². The Balaban J connectivity index is 4.29. The first-order valence-corrected chi connectivity index (χ1v) is 35.9. The number of hydrogen-bond acceptors (Lipinski definition) is 6. The zero-order valence-electron chi connectivity index (χ0n) is 54.8. The van der Waals surface area contributed by atoms with Crippen molar-refractivity contribution < 1.29 is 28.6 Å². The predicted molar refractivity (Wildman–Crippen MR) is 358 cm³/mol. The Hall–Kier alpha value is -3.15. The van der Waals surface area contributed by atoms with E-state index in [9.17, 15) is 14.4 Å². The van der Waals surface area contributed by atoms with E-state index in [1.165, 1.54) is 238 Å². The Morgan fingerprint density at radius 1 is 0.256 bits per heavy atom. The SMILES string of the molecule is CC/C=C\C/C=C\C/C=C\C/C=C\C/C=C\CCCCCCCCCCCC(=O)OCC(COC(=O)CCCCCCCCCCCCCCCC)OC(=O)CCCCCCCCCCCCCCC/C=C\CCCCCCCCCC. The molecule has 1 atom stereocenters. The molecule has 0 rings (SSSR count). The highest BCUT2D eigenvalue weighted by Crippen LogP contribution is 2.18. The third-order valence-electron chi connectivity index (χ3n) is 15.9. The first kappa shape index (κ1) is 78.8. The lowest BCUT2D eigenvalue weighted by Crippen LogP contribution is -2.30. The van der Waals surface area contributed by atoms with Gasteiger partial charge in [-0.25, -0.2) is 0 Å². The van der Waals surface area contributed by atoms with Crippen molar-refractivity contribution in [2.24, 2.45) is 0 Å². The van der Waals surface area contributed by atoms with E-state index in [4.69, 9.17) is 14.2 Å². The highest BCUT2D eigenvalue weighted by Gasteiger charge is 2.19. The van der Waals surface area contributed by atoms with E-state index < -0.39 is 6.10 Å². The molecule has 82 heavy (non-hydrogen) atoms. The summed E-state index contributed by atoms with van der Waals surface area (Å²) in [5.41, 5.74) is 0. The van der Waals surface area contributed by atoms with Crippen molar-refractivity contribution >= 4 is 17.9 Å². The van der Waals surface area contributed by atoms with Gasteiger partial charge in [-0.3, -0.25) is 14.4 Å². The molecule has 0 bridgehead atoms. The van der Waals surface area contributed by atoms with Crippen LogP contribution in [0.1, 0.15) is 374 Å². The summed E-state index contributed by atoms with van der Waals surface area (Å²) in [6.07, 6.45) is 92.1. The fraction of sp³-hybridized carbons (Fsp3) is 0.803. The predicted octanol–water partition coefficient (Wildman–Crippen LogP) is 24.8. The summed E-state index contributed by atoms with van der Waals surface area (Å²) in [7, 11) is 0. The lowest BCUT2D eigenvalue weighted by molar-refractivity contribution is -0.167. The van der Waals surface area contributed by atoms with Gasteiger partial charge in [-0.2, -0.15) is 0 Å². The number of unbranched alkanes of at least 4 members (excludes halogenated alkanes) is 43. The van der Waals surface area contributed by atoms with Crippen LogP contribution in [0.4, 0.5) is 0 Å². The summed E-state index contributed by atoms with van der Waals surface area (Å²) < 4.78 is 17.0. The molecular weight excluding hydrogens is 1010 g/mol. The molecule has 0 radical (unpaired) electrons. The zero-order chi connectivity index (χ0) is 59.2. The fourth-order valence-corrected chi connectivity index (χ4v) is 10.6. The van der Waals surface area contributed by atoms with Crippen molar-refractivity contribution in [3.05, 3.63) is 72.9 Å². The van der Waals surface area contributed by atoms with Crippen LogP contribution in [0.15, 0.2) is 72.9 Å². The summed E-state index contributed by atoms with van der Waals surface area (Å²) in [4.78, 5) is 38.5. The highest BCUT2D eigenvalue weighted by atomic mass is 16.6. The van der Waals surface area contributed by atoms with Crippen molar-refractivity contribution in [3.8, 4) is 0 Å². The maximum atomic E-state index is 13.0. The van der Waals surface area contributed by atoms with Crippen LogP contribution in [0.3, 0.4) is 0 Å². The molecular formula is C76H136O6. The van der Waals surface area contributed by atoms with E-state index in [2.05, 4.69) is 93.7 Å². The molecule has 0 aromatic heterocycles. The van der Waals surface area contributed by atoms with E-state index in [-0.39, 0.29) is 31.1 Å². The molecule has 0 spiro atoms. The van der Waals surface area contributed by atoms with Crippen molar-refractivity contribution in [2.45, 2.75) is 380 Å². The van der Waals surface area contributed by atoms with Crippen LogP contribution < -0.4 is 0 Å². The Morgan fingerprint density at radius 3 is 0.756 bits per heavy atom. The monoisotopic (exact) mass is 1150 g/mol. The number of rotatable bonds is 66. The minimum absolute atomic E-state index is 0.0725. The summed E-state index contributed by atoms with van der Waals surface area (Å²) in [5, 5.41) is 0. The molecule has 0 aromatic carbocycles. The molecule has 476 valence electrons. The van der Waals surface area contributed by atoms with Crippen molar-refractivity contribution in [2.75, 3.05) is 13.2 Å². The summed E-state index contributed by atoms with van der Waals surface area (Å²) in [5.74, 6) is -0.856. The second-order valence-electron chi connectivity index (χ2n) is 24.1. The first-order chi connectivity index (χ1) is 40.5. The van der Waals surface area contributed by atoms with Gasteiger partial charge in [-0.05, 0) is 89.9 Å². The quantitative estimate of drug-likeness (QED) is 0.0261. The van der Waals surface area contributed by atoms with Crippen LogP contribution in [0.25, 0.3) is 0 Å². The molecule has 0 aliphatic rings. The number of hydrogen-bond donors (Lipinski definition) is 0. The van der Waals surface area contributed by atoms with E-state index in [1.54, 1.807) is 0 Å². The summed E-state index contributed by atoms with van der Waals surface area (Å²) >= 11 is 0. The van der Waals surface area contributed by atoms with Gasteiger partial charge in [0, 0.05) is 19.3 Å². The van der Waals surface area contributed by atoms with Gasteiger partial charge in [0.1, 0.15) is 13.2 Å². The smallest absolute Gasteiger partial charge is 0.306 e. The van der Waals surface area contributed by atoms with E-state index in [0.717, 1.165) is 96.3 Å². The maximum Gasteiger partial charge on any atom is 0.306 e. The van der Waals surface area contributed by atoms with Gasteiger partial charge in [0.05, 0.1) is 0 Å². The van der Waals surface area contributed by atoms with Gasteiger partial charge < -0.3 is 14.2 Å². The van der Waals surface area contributed by atoms with Crippen LogP contribution >= 0.6 is 0 Å². The number of carbonyl (C=O) groups excluding carboxylic acids is 3. The molecule has 0 saturated heterocycles. The first-order valence-electron chi connectivity index (χ1n) is 35.9. The Kier molecular flexibility index (Phi) is 67.6. The van der Waals surface area contributed by atoms with E-state index in [1.807, 2.05) is 0 Å². The number of ether oxygens (including phenoxy) is 3. The summed E-state index contributed by atoms with van der Waals surface area (Å²) in [6.45, 7) is 6.58. The third kappa shape index (κ3) is 67.6.